The Balaban J connectivity index is 1.89. The van der Waals surface area contributed by atoms with Crippen molar-refractivity contribution in [1.29, 1.82) is 0 Å². The first-order chi connectivity index (χ1) is 8.69. The van der Waals surface area contributed by atoms with Crippen LogP contribution in [-0.4, -0.2) is 30.3 Å². The molecule has 1 aromatic carbocycles. The van der Waals surface area contributed by atoms with Crippen molar-refractivity contribution in [3.05, 3.63) is 29.8 Å². The zero-order valence-electron chi connectivity index (χ0n) is 10.6. The first-order valence-electron chi connectivity index (χ1n) is 6.29. The number of amides is 1. The van der Waals surface area contributed by atoms with Crippen LogP contribution in [-0.2, 0) is 16.0 Å². The predicted octanol–water partition coefficient (Wildman–Crippen LogP) is 1.62. The van der Waals surface area contributed by atoms with Crippen LogP contribution in [0, 0.1) is 0 Å². The zero-order valence-corrected chi connectivity index (χ0v) is 10.6. The molecule has 2 unspecified atom stereocenters. The Morgan fingerprint density at radius 1 is 1.50 bits per heavy atom. The van der Waals surface area contributed by atoms with Crippen LogP contribution in [0.4, 0.5) is 0 Å². The van der Waals surface area contributed by atoms with Crippen molar-refractivity contribution in [1.82, 2.24) is 5.32 Å². The lowest BCUT2D eigenvalue weighted by Gasteiger charge is -2.19. The van der Waals surface area contributed by atoms with Crippen molar-refractivity contribution < 1.29 is 14.6 Å². The summed E-state index contributed by atoms with van der Waals surface area (Å²) in [5.41, 5.74) is 0.819. The van der Waals surface area contributed by atoms with Crippen LogP contribution in [0.2, 0.25) is 0 Å². The van der Waals surface area contributed by atoms with Crippen LogP contribution in [0.1, 0.15) is 24.8 Å². The Morgan fingerprint density at radius 3 is 3.06 bits per heavy atom. The minimum Gasteiger partial charge on any atom is -0.508 e. The minimum atomic E-state index is -0.0189. The summed E-state index contributed by atoms with van der Waals surface area (Å²) in [6.45, 7) is 0. The van der Waals surface area contributed by atoms with E-state index in [1.165, 1.54) is 0 Å². The molecule has 0 spiro atoms. The molecule has 1 aromatic rings. The smallest absolute Gasteiger partial charge is 0.224 e. The summed E-state index contributed by atoms with van der Waals surface area (Å²) in [5, 5.41) is 12.3. The van der Waals surface area contributed by atoms with Gasteiger partial charge >= 0.3 is 0 Å². The van der Waals surface area contributed by atoms with Crippen molar-refractivity contribution in [3.63, 3.8) is 0 Å². The number of phenols is 1. The van der Waals surface area contributed by atoms with Crippen molar-refractivity contribution >= 4 is 5.91 Å². The number of methoxy groups -OCH3 is 1. The maximum atomic E-state index is 11.9. The summed E-state index contributed by atoms with van der Waals surface area (Å²) in [5.74, 6) is 0.172. The monoisotopic (exact) mass is 249 g/mol. The van der Waals surface area contributed by atoms with Crippen LogP contribution < -0.4 is 5.32 Å². The number of hydrogen-bond acceptors (Lipinski definition) is 3. The molecule has 1 amide bonds. The van der Waals surface area contributed by atoms with Gasteiger partial charge in [-0.2, -0.15) is 0 Å². The molecule has 18 heavy (non-hydrogen) atoms. The fourth-order valence-electron chi connectivity index (χ4n) is 2.48. The molecule has 1 fully saturated rings. The summed E-state index contributed by atoms with van der Waals surface area (Å²) in [7, 11) is 1.68. The second-order valence-electron chi connectivity index (χ2n) is 4.73. The Hall–Kier alpha value is -1.55. The van der Waals surface area contributed by atoms with E-state index in [9.17, 15) is 9.90 Å². The van der Waals surface area contributed by atoms with E-state index in [1.54, 1.807) is 25.3 Å². The molecule has 0 aromatic heterocycles. The number of nitrogens with one attached hydrogen (secondary N) is 1. The van der Waals surface area contributed by atoms with E-state index in [0.29, 0.717) is 6.42 Å². The molecule has 1 aliphatic carbocycles. The number of aromatic hydroxyl groups is 1. The number of phenolic OH excluding ortho intramolecular Hbond substituents is 1. The Kier molecular flexibility index (Phi) is 4.20. The van der Waals surface area contributed by atoms with Crippen LogP contribution in [0.5, 0.6) is 5.75 Å². The molecular formula is C14H19NO3. The summed E-state index contributed by atoms with van der Waals surface area (Å²) in [4.78, 5) is 11.9. The summed E-state index contributed by atoms with van der Waals surface area (Å²) in [6.07, 6.45) is 3.51. The molecule has 0 aliphatic heterocycles. The largest absolute Gasteiger partial charge is 0.508 e. The van der Waals surface area contributed by atoms with Gasteiger partial charge < -0.3 is 15.2 Å². The number of carbonyl (C=O) groups excluding carboxylic acids is 1. The first-order valence-corrected chi connectivity index (χ1v) is 6.29. The van der Waals surface area contributed by atoms with Crippen molar-refractivity contribution in [2.24, 2.45) is 0 Å². The highest BCUT2D eigenvalue weighted by Gasteiger charge is 2.28. The van der Waals surface area contributed by atoms with E-state index in [4.69, 9.17) is 4.74 Å². The molecule has 2 N–H and O–H groups in total. The third kappa shape index (κ3) is 3.23. The van der Waals surface area contributed by atoms with Crippen molar-refractivity contribution in [3.8, 4) is 5.75 Å². The van der Waals surface area contributed by atoms with Crippen molar-refractivity contribution in [2.75, 3.05) is 7.11 Å². The Labute approximate surface area is 107 Å². The highest BCUT2D eigenvalue weighted by Crippen LogP contribution is 2.21. The van der Waals surface area contributed by atoms with E-state index < -0.39 is 0 Å². The number of hydrogen-bond donors (Lipinski definition) is 2. The van der Waals surface area contributed by atoms with Crippen LogP contribution >= 0.6 is 0 Å². The van der Waals surface area contributed by atoms with Gasteiger partial charge in [-0.05, 0) is 37.0 Å². The molecule has 0 heterocycles. The van der Waals surface area contributed by atoms with Gasteiger partial charge in [0.25, 0.3) is 0 Å². The number of rotatable bonds is 4. The van der Waals surface area contributed by atoms with Crippen molar-refractivity contribution in [2.45, 2.75) is 37.8 Å². The lowest BCUT2D eigenvalue weighted by Crippen LogP contribution is -2.41. The topological polar surface area (TPSA) is 58.6 Å². The van der Waals surface area contributed by atoms with Gasteiger partial charge in [0, 0.05) is 7.11 Å². The fourth-order valence-corrected chi connectivity index (χ4v) is 2.48. The average Bonchev–Trinajstić information content (AvgIpc) is 2.76. The molecule has 4 heteroatoms. The van der Waals surface area contributed by atoms with Gasteiger partial charge in [-0.15, -0.1) is 0 Å². The van der Waals surface area contributed by atoms with E-state index in [2.05, 4.69) is 5.32 Å². The molecule has 0 bridgehead atoms. The zero-order chi connectivity index (χ0) is 13.0. The molecule has 4 nitrogen and oxygen atoms in total. The maximum Gasteiger partial charge on any atom is 0.224 e. The van der Waals surface area contributed by atoms with E-state index in [1.807, 2.05) is 6.07 Å². The molecule has 98 valence electrons. The minimum absolute atomic E-state index is 0.0189. The molecular weight excluding hydrogens is 230 g/mol. The Morgan fingerprint density at radius 2 is 2.33 bits per heavy atom. The van der Waals surface area contributed by atoms with E-state index in [0.717, 1.165) is 24.8 Å². The molecule has 0 saturated heterocycles. The van der Waals surface area contributed by atoms with Gasteiger partial charge in [-0.25, -0.2) is 0 Å². The summed E-state index contributed by atoms with van der Waals surface area (Å²) in [6, 6.07) is 6.91. The normalized spacial score (nSPS) is 22.9. The van der Waals surface area contributed by atoms with Gasteiger partial charge in [0.05, 0.1) is 18.6 Å². The third-order valence-electron chi connectivity index (χ3n) is 3.38. The molecule has 0 radical (unpaired) electrons. The van der Waals surface area contributed by atoms with Gasteiger partial charge in [0.2, 0.25) is 5.91 Å². The fraction of sp³-hybridized carbons (Fsp3) is 0.500. The number of carbonyl (C=O) groups is 1. The highest BCUT2D eigenvalue weighted by molar-refractivity contribution is 5.79. The third-order valence-corrected chi connectivity index (χ3v) is 3.38. The lowest BCUT2D eigenvalue weighted by atomic mass is 10.1. The van der Waals surface area contributed by atoms with Gasteiger partial charge in [-0.3, -0.25) is 4.79 Å². The van der Waals surface area contributed by atoms with Crippen LogP contribution in [0.15, 0.2) is 24.3 Å². The maximum absolute atomic E-state index is 11.9. The average molecular weight is 249 g/mol. The molecule has 2 atom stereocenters. The molecule has 1 saturated carbocycles. The summed E-state index contributed by atoms with van der Waals surface area (Å²) < 4.78 is 5.34. The van der Waals surface area contributed by atoms with Gasteiger partial charge in [0.15, 0.2) is 0 Å². The number of benzene rings is 1. The second-order valence-corrected chi connectivity index (χ2v) is 4.73. The van der Waals surface area contributed by atoms with Gasteiger partial charge in [-0.1, -0.05) is 12.1 Å². The highest BCUT2D eigenvalue weighted by atomic mass is 16.5. The van der Waals surface area contributed by atoms with E-state index in [-0.39, 0.29) is 23.8 Å². The first kappa shape index (κ1) is 12.9. The standard InChI is InChI=1S/C14H19NO3/c1-18-13-7-3-6-12(13)15-14(17)9-10-4-2-5-11(16)8-10/h2,4-5,8,12-13,16H,3,6-7,9H2,1H3,(H,15,17). The predicted molar refractivity (Wildman–Crippen MR) is 68.4 cm³/mol. The van der Waals surface area contributed by atoms with Crippen LogP contribution in [0.3, 0.4) is 0 Å². The quantitative estimate of drug-likeness (QED) is 0.852. The number of ether oxygens (including phenoxy) is 1. The Bertz CT molecular complexity index is 419. The SMILES string of the molecule is COC1CCCC1NC(=O)Cc1cccc(O)c1. The van der Waals surface area contributed by atoms with Gasteiger partial charge in [0.1, 0.15) is 5.75 Å². The van der Waals surface area contributed by atoms with E-state index >= 15 is 0 Å². The summed E-state index contributed by atoms with van der Waals surface area (Å²) >= 11 is 0. The molecule has 1 aliphatic rings. The van der Waals surface area contributed by atoms with Crippen LogP contribution in [0.25, 0.3) is 0 Å². The lowest BCUT2D eigenvalue weighted by molar-refractivity contribution is -0.121. The second kappa shape index (κ2) is 5.87. The molecule has 2 rings (SSSR count).